The molecule has 2 aliphatic rings. The topological polar surface area (TPSA) is 41.1 Å². The van der Waals surface area contributed by atoms with Gasteiger partial charge in [-0.3, -0.25) is 4.79 Å². The summed E-state index contributed by atoms with van der Waals surface area (Å²) in [6.07, 6.45) is 12.0. The third-order valence-corrected chi connectivity index (χ3v) is 5.17. The fourth-order valence-electron chi connectivity index (χ4n) is 3.82. The molecular formula is C17H33ClN2O. The van der Waals surface area contributed by atoms with Crippen molar-refractivity contribution >= 4 is 18.3 Å². The summed E-state index contributed by atoms with van der Waals surface area (Å²) in [4.78, 5) is 12.1. The van der Waals surface area contributed by atoms with Gasteiger partial charge in [0.15, 0.2) is 0 Å². The maximum atomic E-state index is 12.1. The molecule has 2 unspecified atom stereocenters. The van der Waals surface area contributed by atoms with Crippen LogP contribution in [0, 0.1) is 11.8 Å². The van der Waals surface area contributed by atoms with E-state index >= 15 is 0 Å². The Kier molecular flexibility index (Phi) is 9.34. The van der Waals surface area contributed by atoms with Crippen LogP contribution >= 0.6 is 12.4 Å². The highest BCUT2D eigenvalue weighted by Crippen LogP contribution is 2.30. The third-order valence-electron chi connectivity index (χ3n) is 5.17. The van der Waals surface area contributed by atoms with Gasteiger partial charge in [0, 0.05) is 12.5 Å². The molecule has 1 aliphatic carbocycles. The molecule has 2 fully saturated rings. The number of piperidine rings is 1. The molecule has 0 aromatic carbocycles. The highest BCUT2D eigenvalue weighted by molar-refractivity contribution is 5.85. The van der Waals surface area contributed by atoms with Gasteiger partial charge in [-0.2, -0.15) is 0 Å². The lowest BCUT2D eigenvalue weighted by atomic mass is 9.92. The van der Waals surface area contributed by atoms with E-state index in [1.807, 2.05) is 0 Å². The van der Waals surface area contributed by atoms with Crippen LogP contribution < -0.4 is 10.6 Å². The number of carbonyl (C=O) groups is 1. The van der Waals surface area contributed by atoms with E-state index in [9.17, 15) is 4.79 Å². The summed E-state index contributed by atoms with van der Waals surface area (Å²) in [6.45, 7) is 4.52. The van der Waals surface area contributed by atoms with E-state index in [1.54, 1.807) is 0 Å². The predicted molar refractivity (Wildman–Crippen MR) is 90.9 cm³/mol. The van der Waals surface area contributed by atoms with Crippen LogP contribution in [0.3, 0.4) is 0 Å². The zero-order chi connectivity index (χ0) is 14.2. The van der Waals surface area contributed by atoms with Crippen LogP contribution in [0.4, 0.5) is 0 Å². The molecule has 0 spiro atoms. The van der Waals surface area contributed by atoms with Crippen molar-refractivity contribution in [3.63, 3.8) is 0 Å². The Balaban J connectivity index is 0.00000220. The van der Waals surface area contributed by atoms with Gasteiger partial charge < -0.3 is 10.6 Å². The smallest absolute Gasteiger partial charge is 0.220 e. The molecule has 4 heteroatoms. The number of rotatable bonds is 7. The lowest BCUT2D eigenvalue weighted by molar-refractivity contribution is -0.122. The van der Waals surface area contributed by atoms with Crippen LogP contribution in [-0.2, 0) is 4.79 Å². The number of unbranched alkanes of at least 4 members (excludes halogenated alkanes) is 1. The fourth-order valence-corrected chi connectivity index (χ4v) is 3.82. The van der Waals surface area contributed by atoms with Gasteiger partial charge >= 0.3 is 0 Å². The number of hydrogen-bond donors (Lipinski definition) is 2. The lowest BCUT2D eigenvalue weighted by Gasteiger charge is -2.24. The van der Waals surface area contributed by atoms with Crippen molar-refractivity contribution < 1.29 is 4.79 Å². The van der Waals surface area contributed by atoms with Crippen LogP contribution in [0.25, 0.3) is 0 Å². The van der Waals surface area contributed by atoms with Crippen LogP contribution in [0.1, 0.15) is 71.1 Å². The third kappa shape index (κ3) is 6.56. The van der Waals surface area contributed by atoms with E-state index in [4.69, 9.17) is 0 Å². The molecule has 1 saturated carbocycles. The van der Waals surface area contributed by atoms with E-state index in [0.29, 0.717) is 11.9 Å². The molecule has 0 aromatic rings. The molecule has 1 aliphatic heterocycles. The molecule has 0 bridgehead atoms. The molecule has 1 amide bonds. The van der Waals surface area contributed by atoms with Crippen molar-refractivity contribution in [2.45, 2.75) is 77.2 Å². The molecule has 0 radical (unpaired) electrons. The molecule has 1 saturated heterocycles. The van der Waals surface area contributed by atoms with Gasteiger partial charge in [0.25, 0.3) is 0 Å². The van der Waals surface area contributed by atoms with Gasteiger partial charge in [-0.1, -0.05) is 26.2 Å². The molecule has 124 valence electrons. The zero-order valence-electron chi connectivity index (χ0n) is 13.5. The van der Waals surface area contributed by atoms with Gasteiger partial charge in [0.1, 0.15) is 0 Å². The van der Waals surface area contributed by atoms with Crippen molar-refractivity contribution in [1.29, 1.82) is 0 Å². The minimum Gasteiger partial charge on any atom is -0.353 e. The first-order valence-corrected chi connectivity index (χ1v) is 8.79. The zero-order valence-corrected chi connectivity index (χ0v) is 14.4. The first kappa shape index (κ1) is 18.8. The van der Waals surface area contributed by atoms with Gasteiger partial charge in [-0.25, -0.2) is 0 Å². The van der Waals surface area contributed by atoms with Gasteiger partial charge in [0.05, 0.1) is 0 Å². The summed E-state index contributed by atoms with van der Waals surface area (Å²) < 4.78 is 0. The number of halogens is 1. The summed E-state index contributed by atoms with van der Waals surface area (Å²) in [5, 5.41) is 6.71. The number of nitrogens with one attached hydrogen (secondary N) is 2. The number of carbonyl (C=O) groups excluding carboxylic acids is 1. The second kappa shape index (κ2) is 10.4. The maximum Gasteiger partial charge on any atom is 0.220 e. The predicted octanol–water partition coefficient (Wildman–Crippen LogP) is 3.66. The normalized spacial score (nSPS) is 26.3. The van der Waals surface area contributed by atoms with E-state index in [0.717, 1.165) is 37.8 Å². The molecule has 1 heterocycles. The SMILES string of the molecule is CCCCC1CCCC1NC(=O)CCC1CCNCC1.Cl. The standard InChI is InChI=1S/C17H32N2O.ClH/c1-2-3-5-15-6-4-7-16(15)19-17(20)9-8-14-10-12-18-13-11-14;/h14-16,18H,2-13H2,1H3,(H,19,20);1H. The average Bonchev–Trinajstić information content (AvgIpc) is 2.91. The minimum atomic E-state index is 0. The Labute approximate surface area is 136 Å². The minimum absolute atomic E-state index is 0. The Morgan fingerprint density at radius 1 is 1.14 bits per heavy atom. The van der Waals surface area contributed by atoms with E-state index in [2.05, 4.69) is 17.6 Å². The Bertz CT molecular complexity index is 293. The van der Waals surface area contributed by atoms with Gasteiger partial charge in [-0.05, 0) is 63.5 Å². The molecule has 21 heavy (non-hydrogen) atoms. The highest BCUT2D eigenvalue weighted by Gasteiger charge is 2.27. The molecule has 2 atom stereocenters. The average molecular weight is 317 g/mol. The van der Waals surface area contributed by atoms with Crippen molar-refractivity contribution in [1.82, 2.24) is 10.6 Å². The molecule has 0 aromatic heterocycles. The van der Waals surface area contributed by atoms with Crippen LogP contribution in [0.15, 0.2) is 0 Å². The van der Waals surface area contributed by atoms with Crippen molar-refractivity contribution in [2.24, 2.45) is 11.8 Å². The number of amides is 1. The lowest BCUT2D eigenvalue weighted by Crippen LogP contribution is -2.37. The van der Waals surface area contributed by atoms with Crippen LogP contribution in [-0.4, -0.2) is 25.0 Å². The monoisotopic (exact) mass is 316 g/mol. The summed E-state index contributed by atoms with van der Waals surface area (Å²) >= 11 is 0. The summed E-state index contributed by atoms with van der Waals surface area (Å²) in [5.74, 6) is 1.82. The highest BCUT2D eigenvalue weighted by atomic mass is 35.5. The number of hydrogen-bond acceptors (Lipinski definition) is 2. The first-order chi connectivity index (χ1) is 9.79. The molecule has 2 N–H and O–H groups in total. The quantitative estimate of drug-likeness (QED) is 0.752. The van der Waals surface area contributed by atoms with Crippen LogP contribution in [0.5, 0.6) is 0 Å². The maximum absolute atomic E-state index is 12.1. The summed E-state index contributed by atoms with van der Waals surface area (Å²) in [7, 11) is 0. The molecular weight excluding hydrogens is 284 g/mol. The molecule has 3 nitrogen and oxygen atoms in total. The van der Waals surface area contributed by atoms with Crippen molar-refractivity contribution in [3.05, 3.63) is 0 Å². The van der Waals surface area contributed by atoms with Crippen LogP contribution in [0.2, 0.25) is 0 Å². The summed E-state index contributed by atoms with van der Waals surface area (Å²) in [5.41, 5.74) is 0. The van der Waals surface area contributed by atoms with Crippen molar-refractivity contribution in [2.75, 3.05) is 13.1 Å². The van der Waals surface area contributed by atoms with Gasteiger partial charge in [0.2, 0.25) is 5.91 Å². The Morgan fingerprint density at radius 3 is 2.62 bits per heavy atom. The Hall–Kier alpha value is -0.280. The van der Waals surface area contributed by atoms with Crippen molar-refractivity contribution in [3.8, 4) is 0 Å². The summed E-state index contributed by atoms with van der Waals surface area (Å²) in [6, 6.07) is 0.474. The Morgan fingerprint density at radius 2 is 1.90 bits per heavy atom. The van der Waals surface area contributed by atoms with Gasteiger partial charge in [-0.15, -0.1) is 12.4 Å². The fraction of sp³-hybridized carbons (Fsp3) is 0.941. The molecule has 2 rings (SSSR count). The first-order valence-electron chi connectivity index (χ1n) is 8.79. The van der Waals surface area contributed by atoms with E-state index in [1.165, 1.54) is 51.4 Å². The van der Waals surface area contributed by atoms with E-state index in [-0.39, 0.29) is 12.4 Å². The largest absolute Gasteiger partial charge is 0.353 e. The van der Waals surface area contributed by atoms with E-state index < -0.39 is 0 Å². The second-order valence-electron chi connectivity index (χ2n) is 6.74. The second-order valence-corrected chi connectivity index (χ2v) is 6.74.